The van der Waals surface area contributed by atoms with E-state index in [9.17, 15) is 4.79 Å². The van der Waals surface area contributed by atoms with Crippen molar-refractivity contribution in [1.82, 2.24) is 15.1 Å². The van der Waals surface area contributed by atoms with E-state index in [0.29, 0.717) is 5.82 Å². The van der Waals surface area contributed by atoms with Gasteiger partial charge in [-0.3, -0.25) is 9.51 Å². The van der Waals surface area contributed by atoms with Crippen LogP contribution in [0, 0.1) is 0 Å². The van der Waals surface area contributed by atoms with E-state index >= 15 is 0 Å². The summed E-state index contributed by atoms with van der Waals surface area (Å²) in [5, 5.41) is 4.82. The molecule has 28 heavy (non-hydrogen) atoms. The number of unbranched alkanes of at least 4 members (excludes halogenated alkanes) is 1. The van der Waals surface area contributed by atoms with Gasteiger partial charge in [0.25, 0.3) is 0 Å². The van der Waals surface area contributed by atoms with Crippen LogP contribution < -0.4 is 10.7 Å². The fourth-order valence-corrected chi connectivity index (χ4v) is 4.11. The predicted molar refractivity (Wildman–Crippen MR) is 113 cm³/mol. The van der Waals surface area contributed by atoms with Crippen LogP contribution in [-0.4, -0.2) is 28.2 Å². The van der Waals surface area contributed by atoms with Crippen molar-refractivity contribution in [1.29, 1.82) is 0 Å². The Morgan fingerprint density at radius 3 is 2.64 bits per heavy atom. The average Bonchev–Trinajstić information content (AvgIpc) is 3.34. The molecule has 2 aromatic heterocycles. The summed E-state index contributed by atoms with van der Waals surface area (Å²) in [6, 6.07) is 16.3. The normalized spacial score (nSPS) is 11.2. The molecule has 2 aromatic carbocycles. The number of nitrogens with zero attached hydrogens (tertiary/aromatic N) is 3. The number of nitrogens with one attached hydrogen (secondary N) is 1. The predicted octanol–water partition coefficient (Wildman–Crippen LogP) is 4.49. The van der Waals surface area contributed by atoms with Gasteiger partial charge in [-0.15, -0.1) is 0 Å². The Morgan fingerprint density at radius 2 is 1.93 bits per heavy atom. The molecule has 0 saturated heterocycles. The number of hydrogen-bond acceptors (Lipinski definition) is 6. The van der Waals surface area contributed by atoms with Crippen LogP contribution >= 0.6 is 11.3 Å². The van der Waals surface area contributed by atoms with Gasteiger partial charge in [0.2, 0.25) is 0 Å². The molecule has 0 unspecified atom stereocenters. The molecule has 0 fully saturated rings. The van der Waals surface area contributed by atoms with Gasteiger partial charge in [0, 0.05) is 18.7 Å². The highest BCUT2D eigenvalue weighted by molar-refractivity contribution is 7.22. The van der Waals surface area contributed by atoms with E-state index in [1.807, 2.05) is 18.2 Å². The minimum atomic E-state index is -0.540. The van der Waals surface area contributed by atoms with Crippen molar-refractivity contribution in [2.75, 3.05) is 18.0 Å². The summed E-state index contributed by atoms with van der Waals surface area (Å²) in [6.07, 6.45) is 3.23. The molecule has 2 heterocycles. The van der Waals surface area contributed by atoms with Crippen LogP contribution in [0.5, 0.6) is 0 Å². The molecule has 4 aromatic rings. The first kappa shape index (κ1) is 18.4. The molecular weight excluding hydrogens is 372 g/mol. The van der Waals surface area contributed by atoms with Crippen LogP contribution in [0.25, 0.3) is 21.6 Å². The van der Waals surface area contributed by atoms with Gasteiger partial charge >= 0.3 is 5.76 Å². The fraction of sp³-hybridized carbons (Fsp3) is 0.286. The molecule has 6 nitrogen and oxygen atoms in total. The van der Waals surface area contributed by atoms with Gasteiger partial charge in [-0.05, 0) is 30.5 Å². The zero-order valence-corrected chi connectivity index (χ0v) is 16.5. The van der Waals surface area contributed by atoms with Crippen molar-refractivity contribution in [3.8, 4) is 11.4 Å². The van der Waals surface area contributed by atoms with Crippen LogP contribution in [0.15, 0.2) is 57.8 Å². The maximum Gasteiger partial charge on any atom is 0.439 e. The smallest absolute Gasteiger partial charge is 0.348 e. The summed E-state index contributed by atoms with van der Waals surface area (Å²) in [7, 11) is 0. The Hall–Kier alpha value is -2.93. The Morgan fingerprint density at radius 1 is 1.11 bits per heavy atom. The molecule has 0 atom stereocenters. The van der Waals surface area contributed by atoms with Crippen molar-refractivity contribution in [2.24, 2.45) is 0 Å². The molecule has 0 saturated carbocycles. The number of H-pyrrole nitrogens is 1. The monoisotopic (exact) mass is 394 g/mol. The zero-order valence-electron chi connectivity index (χ0n) is 15.7. The summed E-state index contributed by atoms with van der Waals surface area (Å²) in [5.74, 6) is -0.0860. The Labute approximate surface area is 166 Å². The number of aromatic nitrogens is 3. The summed E-state index contributed by atoms with van der Waals surface area (Å²) >= 11 is 1.76. The average molecular weight is 395 g/mol. The third-order valence-corrected chi connectivity index (χ3v) is 5.77. The van der Waals surface area contributed by atoms with Crippen molar-refractivity contribution in [3.05, 3.63) is 64.6 Å². The van der Waals surface area contributed by atoms with E-state index in [1.54, 1.807) is 11.3 Å². The first-order valence-corrected chi connectivity index (χ1v) is 10.3. The SMILES string of the molecule is CCCCN(CCc1ccc(-c2noc(=O)[nH]2)cc1)c1nc2ccccc2s1. The Bertz CT molecular complexity index is 1060. The third kappa shape index (κ3) is 4.14. The van der Waals surface area contributed by atoms with E-state index in [2.05, 4.69) is 56.8 Å². The second kappa shape index (κ2) is 8.39. The number of para-hydroxylation sites is 1. The molecule has 1 N–H and O–H groups in total. The minimum Gasteiger partial charge on any atom is -0.348 e. The molecule has 7 heteroatoms. The summed E-state index contributed by atoms with van der Waals surface area (Å²) in [4.78, 5) is 20.9. The Kier molecular flexibility index (Phi) is 5.53. The highest BCUT2D eigenvalue weighted by Gasteiger charge is 2.12. The van der Waals surface area contributed by atoms with Gasteiger partial charge in [0.05, 0.1) is 10.2 Å². The maximum absolute atomic E-state index is 11.1. The lowest BCUT2D eigenvalue weighted by Crippen LogP contribution is -2.26. The van der Waals surface area contributed by atoms with Crippen LogP contribution in [-0.2, 0) is 6.42 Å². The van der Waals surface area contributed by atoms with Crippen LogP contribution in [0.3, 0.4) is 0 Å². The van der Waals surface area contributed by atoms with Crippen LogP contribution in [0.4, 0.5) is 5.13 Å². The van der Waals surface area contributed by atoms with E-state index in [1.165, 1.54) is 10.3 Å². The Balaban J connectivity index is 1.47. The number of aromatic amines is 1. The number of hydrogen-bond donors (Lipinski definition) is 1. The third-order valence-electron chi connectivity index (χ3n) is 4.67. The first-order valence-electron chi connectivity index (χ1n) is 9.49. The maximum atomic E-state index is 11.1. The number of rotatable bonds is 8. The number of thiazole rings is 1. The summed E-state index contributed by atoms with van der Waals surface area (Å²) in [5.41, 5.74) is 3.13. The van der Waals surface area contributed by atoms with Gasteiger partial charge in [-0.1, -0.05) is 66.2 Å². The lowest BCUT2D eigenvalue weighted by atomic mass is 10.1. The molecule has 144 valence electrons. The first-order chi connectivity index (χ1) is 13.7. The molecule has 0 spiro atoms. The molecule has 4 rings (SSSR count). The quantitative estimate of drug-likeness (QED) is 0.477. The molecule has 0 amide bonds. The van der Waals surface area contributed by atoms with E-state index in [-0.39, 0.29) is 0 Å². The fourth-order valence-electron chi connectivity index (χ4n) is 3.10. The number of anilines is 1. The van der Waals surface area contributed by atoms with Crippen molar-refractivity contribution < 1.29 is 4.52 Å². The second-order valence-corrected chi connectivity index (χ2v) is 7.70. The number of fused-ring (bicyclic) bond motifs is 1. The van der Waals surface area contributed by atoms with Crippen LogP contribution in [0.1, 0.15) is 25.3 Å². The summed E-state index contributed by atoms with van der Waals surface area (Å²) < 4.78 is 5.79. The lowest BCUT2D eigenvalue weighted by molar-refractivity contribution is 0.388. The van der Waals surface area contributed by atoms with Crippen molar-refractivity contribution in [3.63, 3.8) is 0 Å². The molecule has 0 bridgehead atoms. The van der Waals surface area contributed by atoms with E-state index in [4.69, 9.17) is 4.98 Å². The second-order valence-electron chi connectivity index (χ2n) is 6.70. The van der Waals surface area contributed by atoms with E-state index < -0.39 is 5.76 Å². The van der Waals surface area contributed by atoms with E-state index in [0.717, 1.165) is 48.6 Å². The summed E-state index contributed by atoms with van der Waals surface area (Å²) in [6.45, 7) is 4.14. The van der Waals surface area contributed by atoms with Crippen molar-refractivity contribution >= 4 is 26.7 Å². The molecular formula is C21H22N4O2S. The number of benzene rings is 2. The topological polar surface area (TPSA) is 75.0 Å². The van der Waals surface area contributed by atoms with Gasteiger partial charge in [0.15, 0.2) is 11.0 Å². The molecule has 0 aliphatic rings. The zero-order chi connectivity index (χ0) is 19.3. The highest BCUT2D eigenvalue weighted by atomic mass is 32.1. The van der Waals surface area contributed by atoms with Gasteiger partial charge in [-0.2, -0.15) is 0 Å². The molecule has 0 radical (unpaired) electrons. The minimum absolute atomic E-state index is 0.454. The van der Waals surface area contributed by atoms with Crippen molar-refractivity contribution in [2.45, 2.75) is 26.2 Å². The largest absolute Gasteiger partial charge is 0.439 e. The van der Waals surface area contributed by atoms with Gasteiger partial charge < -0.3 is 4.90 Å². The van der Waals surface area contributed by atoms with Gasteiger partial charge in [0.1, 0.15) is 0 Å². The lowest BCUT2D eigenvalue weighted by Gasteiger charge is -2.21. The molecule has 0 aliphatic carbocycles. The standard InChI is InChI=1S/C21H22N4O2S/c1-2-3-13-25(20-22-17-6-4-5-7-18(17)28-20)14-12-15-8-10-16(11-9-15)19-23-21(26)27-24-19/h4-11H,2-3,12-14H2,1H3,(H,23,24,26). The molecule has 0 aliphatic heterocycles. The van der Waals surface area contributed by atoms with Crippen LogP contribution in [0.2, 0.25) is 0 Å². The van der Waals surface area contributed by atoms with Gasteiger partial charge in [-0.25, -0.2) is 9.78 Å². The highest BCUT2D eigenvalue weighted by Crippen LogP contribution is 2.29.